The van der Waals surface area contributed by atoms with Crippen molar-refractivity contribution in [2.24, 2.45) is 5.92 Å². The van der Waals surface area contributed by atoms with Crippen LogP contribution in [0.1, 0.15) is 19.4 Å². The summed E-state index contributed by atoms with van der Waals surface area (Å²) in [5.74, 6) is -4.20. The lowest BCUT2D eigenvalue weighted by molar-refractivity contribution is -0.150. The monoisotopic (exact) mass is 230 g/mol. The Kier molecular flexibility index (Phi) is 3.28. The van der Waals surface area contributed by atoms with Gasteiger partial charge in [0.2, 0.25) is 0 Å². The molecule has 0 heterocycles. The van der Waals surface area contributed by atoms with Gasteiger partial charge in [-0.3, -0.25) is 4.79 Å². The third kappa shape index (κ3) is 2.19. The number of aliphatic hydroxyl groups is 1. The van der Waals surface area contributed by atoms with Gasteiger partial charge >= 0.3 is 5.97 Å². The maximum atomic E-state index is 13.4. The van der Waals surface area contributed by atoms with E-state index in [-0.39, 0.29) is 5.56 Å². The van der Waals surface area contributed by atoms with Crippen molar-refractivity contribution in [2.75, 3.05) is 0 Å². The molecule has 2 N–H and O–H groups in total. The molecule has 0 fully saturated rings. The number of benzene rings is 1. The zero-order valence-electron chi connectivity index (χ0n) is 8.87. The maximum absolute atomic E-state index is 13.4. The van der Waals surface area contributed by atoms with E-state index in [4.69, 9.17) is 5.11 Å². The summed E-state index contributed by atoms with van der Waals surface area (Å²) in [5, 5.41) is 18.7. The van der Waals surface area contributed by atoms with Crippen molar-refractivity contribution in [3.63, 3.8) is 0 Å². The van der Waals surface area contributed by atoms with Gasteiger partial charge in [0, 0.05) is 11.6 Å². The fourth-order valence-corrected chi connectivity index (χ4v) is 1.37. The molecule has 2 atom stereocenters. The highest BCUT2D eigenvalue weighted by molar-refractivity contribution is 5.71. The molecule has 16 heavy (non-hydrogen) atoms. The second-order valence-corrected chi connectivity index (χ2v) is 3.83. The third-order valence-electron chi connectivity index (χ3n) is 2.69. The van der Waals surface area contributed by atoms with Crippen molar-refractivity contribution in [1.29, 1.82) is 0 Å². The molecule has 0 amide bonds. The predicted octanol–water partition coefficient (Wildman–Crippen LogP) is 1.89. The van der Waals surface area contributed by atoms with Gasteiger partial charge in [0.25, 0.3) is 0 Å². The van der Waals surface area contributed by atoms with E-state index in [1.54, 1.807) is 0 Å². The Morgan fingerprint density at radius 2 is 2.00 bits per heavy atom. The minimum atomic E-state index is -1.89. The first-order valence-electron chi connectivity index (χ1n) is 4.67. The van der Waals surface area contributed by atoms with Crippen LogP contribution in [0.25, 0.3) is 0 Å². The summed E-state index contributed by atoms with van der Waals surface area (Å²) in [6.07, 6.45) is 0. The molecule has 0 aliphatic carbocycles. The molecular formula is C11H12F2O3. The molecule has 0 aliphatic rings. The molecule has 0 bridgehead atoms. The number of carboxylic acid groups (broad SMARTS) is 1. The minimum Gasteiger partial charge on any atom is -0.481 e. The normalized spacial score (nSPS) is 16.6. The number of hydrogen-bond donors (Lipinski definition) is 2. The highest BCUT2D eigenvalue weighted by atomic mass is 19.1. The standard InChI is InChI=1S/C11H12F2O3/c1-6(10(14)15)11(2,16)8-4-3-7(12)5-9(8)13/h3-6,16H,1-2H3,(H,14,15). The van der Waals surface area contributed by atoms with Gasteiger partial charge < -0.3 is 10.2 Å². The van der Waals surface area contributed by atoms with E-state index in [0.29, 0.717) is 6.07 Å². The zero-order valence-corrected chi connectivity index (χ0v) is 8.87. The molecule has 3 nitrogen and oxygen atoms in total. The van der Waals surface area contributed by atoms with E-state index in [0.717, 1.165) is 12.1 Å². The molecule has 1 rings (SSSR count). The Morgan fingerprint density at radius 1 is 1.44 bits per heavy atom. The van der Waals surface area contributed by atoms with Crippen LogP contribution in [0.4, 0.5) is 8.78 Å². The summed E-state index contributed by atoms with van der Waals surface area (Å²) in [6, 6.07) is 2.63. The predicted molar refractivity (Wildman–Crippen MR) is 52.7 cm³/mol. The van der Waals surface area contributed by atoms with E-state index in [1.807, 2.05) is 0 Å². The summed E-state index contributed by atoms with van der Waals surface area (Å²) in [5.41, 5.74) is -2.12. The number of halogens is 2. The second-order valence-electron chi connectivity index (χ2n) is 3.83. The lowest BCUT2D eigenvalue weighted by atomic mass is 9.84. The lowest BCUT2D eigenvalue weighted by Gasteiger charge is -2.28. The summed E-state index contributed by atoms with van der Waals surface area (Å²) in [7, 11) is 0. The van der Waals surface area contributed by atoms with Crippen LogP contribution in [0.5, 0.6) is 0 Å². The van der Waals surface area contributed by atoms with Crippen LogP contribution >= 0.6 is 0 Å². The largest absolute Gasteiger partial charge is 0.481 e. The quantitative estimate of drug-likeness (QED) is 0.833. The average Bonchev–Trinajstić information content (AvgIpc) is 2.15. The van der Waals surface area contributed by atoms with Crippen molar-refractivity contribution in [2.45, 2.75) is 19.4 Å². The summed E-state index contributed by atoms with van der Waals surface area (Å²) < 4.78 is 26.0. The molecule has 5 heteroatoms. The summed E-state index contributed by atoms with van der Waals surface area (Å²) in [4.78, 5) is 10.7. The van der Waals surface area contributed by atoms with Crippen molar-refractivity contribution in [1.82, 2.24) is 0 Å². The van der Waals surface area contributed by atoms with Crippen LogP contribution in [0.15, 0.2) is 18.2 Å². The molecular weight excluding hydrogens is 218 g/mol. The number of carboxylic acids is 1. The van der Waals surface area contributed by atoms with E-state index < -0.39 is 29.1 Å². The molecule has 0 aromatic heterocycles. The fourth-order valence-electron chi connectivity index (χ4n) is 1.37. The molecule has 0 saturated heterocycles. The van der Waals surface area contributed by atoms with Gasteiger partial charge in [-0.2, -0.15) is 0 Å². The van der Waals surface area contributed by atoms with Crippen molar-refractivity contribution >= 4 is 5.97 Å². The number of carbonyl (C=O) groups is 1. The van der Waals surface area contributed by atoms with Crippen molar-refractivity contribution < 1.29 is 23.8 Å². The van der Waals surface area contributed by atoms with Crippen molar-refractivity contribution in [3.8, 4) is 0 Å². The average molecular weight is 230 g/mol. The highest BCUT2D eigenvalue weighted by Crippen LogP contribution is 2.31. The van der Waals surface area contributed by atoms with Crippen LogP contribution in [0.2, 0.25) is 0 Å². The van der Waals surface area contributed by atoms with Crippen molar-refractivity contribution in [3.05, 3.63) is 35.4 Å². The Bertz CT molecular complexity index is 416. The number of aliphatic carboxylic acids is 1. The number of rotatable bonds is 3. The van der Waals surface area contributed by atoms with E-state index in [2.05, 4.69) is 0 Å². The zero-order chi connectivity index (χ0) is 12.5. The summed E-state index contributed by atoms with van der Waals surface area (Å²) in [6.45, 7) is 2.44. The first-order chi connectivity index (χ1) is 7.26. The topological polar surface area (TPSA) is 57.5 Å². The van der Waals surface area contributed by atoms with E-state index >= 15 is 0 Å². The van der Waals surface area contributed by atoms with Gasteiger partial charge in [0.05, 0.1) is 5.92 Å². The van der Waals surface area contributed by atoms with Crippen LogP contribution in [-0.2, 0) is 10.4 Å². The smallest absolute Gasteiger partial charge is 0.309 e. The Labute approximate surface area is 91.3 Å². The van der Waals surface area contributed by atoms with Crippen LogP contribution in [0, 0.1) is 17.6 Å². The lowest BCUT2D eigenvalue weighted by Crippen LogP contribution is -2.36. The van der Waals surface area contributed by atoms with Gasteiger partial charge in [-0.05, 0) is 19.9 Å². The Balaban J connectivity index is 3.21. The SMILES string of the molecule is CC(C(=O)O)C(C)(O)c1ccc(F)cc1F. The first-order valence-corrected chi connectivity index (χ1v) is 4.67. The molecule has 0 aliphatic heterocycles. The Hall–Kier alpha value is -1.49. The van der Waals surface area contributed by atoms with E-state index in [1.165, 1.54) is 13.8 Å². The summed E-state index contributed by atoms with van der Waals surface area (Å²) >= 11 is 0. The molecule has 1 aromatic rings. The van der Waals surface area contributed by atoms with E-state index in [9.17, 15) is 18.7 Å². The molecule has 0 spiro atoms. The highest BCUT2D eigenvalue weighted by Gasteiger charge is 2.37. The second kappa shape index (κ2) is 4.17. The molecule has 2 unspecified atom stereocenters. The van der Waals surface area contributed by atoms with Gasteiger partial charge in [0.15, 0.2) is 0 Å². The molecule has 0 saturated carbocycles. The minimum absolute atomic E-state index is 0.233. The number of hydrogen-bond acceptors (Lipinski definition) is 2. The maximum Gasteiger partial charge on any atom is 0.309 e. The molecule has 1 aromatic carbocycles. The van der Waals surface area contributed by atoms with Crippen LogP contribution in [-0.4, -0.2) is 16.2 Å². The van der Waals surface area contributed by atoms with Crippen LogP contribution < -0.4 is 0 Å². The van der Waals surface area contributed by atoms with Gasteiger partial charge in [-0.15, -0.1) is 0 Å². The van der Waals surface area contributed by atoms with Gasteiger partial charge in [-0.1, -0.05) is 6.07 Å². The van der Waals surface area contributed by atoms with Gasteiger partial charge in [-0.25, -0.2) is 8.78 Å². The third-order valence-corrected chi connectivity index (χ3v) is 2.69. The molecule has 0 radical (unpaired) electrons. The van der Waals surface area contributed by atoms with Crippen LogP contribution in [0.3, 0.4) is 0 Å². The molecule has 88 valence electrons. The first kappa shape index (κ1) is 12.6. The Morgan fingerprint density at radius 3 is 2.44 bits per heavy atom. The van der Waals surface area contributed by atoms with Gasteiger partial charge in [0.1, 0.15) is 17.2 Å². The fraction of sp³-hybridized carbons (Fsp3) is 0.364.